The van der Waals surface area contributed by atoms with Crippen molar-refractivity contribution < 1.29 is 9.50 Å². The van der Waals surface area contributed by atoms with E-state index in [0.717, 1.165) is 19.3 Å². The minimum absolute atomic E-state index is 0.0323. The fourth-order valence-electron chi connectivity index (χ4n) is 4.76. The van der Waals surface area contributed by atoms with Crippen LogP contribution in [0.1, 0.15) is 19.3 Å². The largest absolute Gasteiger partial charge is 0.507 e. The first-order valence-corrected chi connectivity index (χ1v) is 10.2. The standard InChI is InChI=1S/C22H24FN5O2/c1-27-8-7-12-9-19(29)15(11-14(12)22(27)30)16-5-6-20(26-25-16)28(2)18-10-13-3-4-17(24-13)21(18)23/h5-9,11,13,17-18,21,24,29H,3-4,10H2,1-2H3/t13?,17?,18-,21+/m1/s1. The van der Waals surface area contributed by atoms with Gasteiger partial charge >= 0.3 is 0 Å². The predicted molar refractivity (Wildman–Crippen MR) is 114 cm³/mol. The Kier molecular flexibility index (Phi) is 4.47. The summed E-state index contributed by atoms with van der Waals surface area (Å²) in [6.07, 6.45) is 3.35. The predicted octanol–water partition coefficient (Wildman–Crippen LogP) is 2.37. The van der Waals surface area contributed by atoms with Gasteiger partial charge in [0.1, 0.15) is 11.9 Å². The van der Waals surface area contributed by atoms with Crippen molar-refractivity contribution in [2.45, 2.75) is 43.6 Å². The maximum absolute atomic E-state index is 14.9. The number of aryl methyl sites for hydroxylation is 1. The lowest BCUT2D eigenvalue weighted by atomic mass is 9.96. The Hall–Kier alpha value is -3.00. The van der Waals surface area contributed by atoms with Crippen LogP contribution in [0, 0.1) is 0 Å². The summed E-state index contributed by atoms with van der Waals surface area (Å²) in [6.45, 7) is 0. The molecule has 1 aromatic carbocycles. The second-order valence-corrected chi connectivity index (χ2v) is 8.37. The van der Waals surface area contributed by atoms with E-state index in [-0.39, 0.29) is 23.4 Å². The summed E-state index contributed by atoms with van der Waals surface area (Å²) in [4.78, 5) is 14.3. The lowest BCUT2D eigenvalue weighted by molar-refractivity contribution is 0.176. The van der Waals surface area contributed by atoms with Crippen LogP contribution in [0.5, 0.6) is 5.75 Å². The SMILES string of the molecule is CN(c1ccc(-c2cc3c(=O)n(C)ccc3cc2O)nn1)[C@@H]1CC2CCC(N2)[C@@H]1F. The molecule has 0 amide bonds. The minimum Gasteiger partial charge on any atom is -0.507 e. The molecule has 3 aromatic rings. The number of pyridine rings is 1. The van der Waals surface area contributed by atoms with Gasteiger partial charge in [0.15, 0.2) is 5.82 Å². The number of phenolic OH excluding ortho intramolecular Hbond substituents is 1. The Labute approximate surface area is 173 Å². The molecule has 4 heterocycles. The number of anilines is 1. The minimum atomic E-state index is -0.948. The van der Waals surface area contributed by atoms with Crippen molar-refractivity contribution in [1.82, 2.24) is 20.1 Å². The van der Waals surface area contributed by atoms with Crippen molar-refractivity contribution in [3.63, 3.8) is 0 Å². The lowest BCUT2D eigenvalue weighted by Gasteiger charge is -2.38. The third-order valence-electron chi connectivity index (χ3n) is 6.54. The number of aromatic hydroxyl groups is 1. The Morgan fingerprint density at radius 2 is 2.07 bits per heavy atom. The molecule has 2 bridgehead atoms. The third kappa shape index (κ3) is 3.02. The van der Waals surface area contributed by atoms with Gasteiger partial charge in [0.2, 0.25) is 0 Å². The number of piperidine rings is 1. The average Bonchev–Trinajstić information content (AvgIpc) is 3.16. The molecule has 0 radical (unpaired) electrons. The van der Waals surface area contributed by atoms with E-state index >= 15 is 0 Å². The van der Waals surface area contributed by atoms with Crippen LogP contribution in [-0.4, -0.2) is 51.2 Å². The summed E-state index contributed by atoms with van der Waals surface area (Å²) in [5.74, 6) is 0.619. The van der Waals surface area contributed by atoms with Crippen LogP contribution in [-0.2, 0) is 7.05 Å². The number of nitrogens with one attached hydrogen (secondary N) is 1. The summed E-state index contributed by atoms with van der Waals surface area (Å²) >= 11 is 0. The summed E-state index contributed by atoms with van der Waals surface area (Å²) in [7, 11) is 3.53. The van der Waals surface area contributed by atoms with Gasteiger partial charge in [0.25, 0.3) is 5.56 Å². The van der Waals surface area contributed by atoms with Gasteiger partial charge in [-0.05, 0) is 55.0 Å². The van der Waals surface area contributed by atoms with E-state index in [1.54, 1.807) is 43.6 Å². The molecule has 30 heavy (non-hydrogen) atoms. The number of benzene rings is 1. The number of phenols is 1. The van der Waals surface area contributed by atoms with Gasteiger partial charge in [-0.25, -0.2) is 4.39 Å². The molecule has 2 N–H and O–H groups in total. The molecular weight excluding hydrogens is 385 g/mol. The van der Waals surface area contributed by atoms with Gasteiger partial charge in [0, 0.05) is 43.3 Å². The molecule has 0 spiro atoms. The second kappa shape index (κ2) is 7.05. The molecule has 2 saturated heterocycles. The van der Waals surface area contributed by atoms with Crippen LogP contribution in [0.3, 0.4) is 0 Å². The number of rotatable bonds is 3. The first-order chi connectivity index (χ1) is 14.4. The number of fused-ring (bicyclic) bond motifs is 3. The van der Waals surface area contributed by atoms with E-state index in [0.29, 0.717) is 33.9 Å². The zero-order valence-electron chi connectivity index (χ0n) is 16.9. The fraction of sp³-hybridized carbons (Fsp3) is 0.409. The molecular formula is C22H24FN5O2. The number of halogens is 1. The summed E-state index contributed by atoms with van der Waals surface area (Å²) in [5.41, 5.74) is 0.753. The smallest absolute Gasteiger partial charge is 0.258 e. The van der Waals surface area contributed by atoms with Crippen LogP contribution >= 0.6 is 0 Å². The highest BCUT2D eigenvalue weighted by molar-refractivity contribution is 5.89. The van der Waals surface area contributed by atoms with Crippen LogP contribution in [0.2, 0.25) is 0 Å². The second-order valence-electron chi connectivity index (χ2n) is 8.37. The highest BCUT2D eigenvalue weighted by Crippen LogP contribution is 2.34. The van der Waals surface area contributed by atoms with Crippen molar-refractivity contribution in [3.8, 4) is 17.0 Å². The van der Waals surface area contributed by atoms with Gasteiger partial charge in [-0.2, -0.15) is 0 Å². The summed E-state index contributed by atoms with van der Waals surface area (Å²) in [5, 5.41) is 23.5. The molecule has 2 aromatic heterocycles. The Morgan fingerprint density at radius 3 is 2.83 bits per heavy atom. The normalized spacial score (nSPS) is 25.6. The zero-order valence-corrected chi connectivity index (χ0v) is 16.9. The molecule has 8 heteroatoms. The number of aromatic nitrogens is 3. The zero-order chi connectivity index (χ0) is 21.0. The number of alkyl halides is 1. The maximum Gasteiger partial charge on any atom is 0.258 e. The van der Waals surface area contributed by atoms with E-state index in [1.807, 2.05) is 11.9 Å². The molecule has 2 aliphatic heterocycles. The van der Waals surface area contributed by atoms with Crippen molar-refractivity contribution in [3.05, 3.63) is 46.9 Å². The fourth-order valence-corrected chi connectivity index (χ4v) is 4.76. The topological polar surface area (TPSA) is 83.3 Å². The molecule has 2 aliphatic rings. The van der Waals surface area contributed by atoms with Gasteiger partial charge < -0.3 is 19.9 Å². The highest BCUT2D eigenvalue weighted by Gasteiger charge is 2.43. The summed E-state index contributed by atoms with van der Waals surface area (Å²) in [6, 6.07) is 8.56. The quantitative estimate of drug-likeness (QED) is 0.691. The Morgan fingerprint density at radius 1 is 1.23 bits per heavy atom. The highest BCUT2D eigenvalue weighted by atomic mass is 19.1. The van der Waals surface area contributed by atoms with Crippen LogP contribution < -0.4 is 15.8 Å². The van der Waals surface area contributed by atoms with E-state index in [2.05, 4.69) is 15.5 Å². The maximum atomic E-state index is 14.9. The molecule has 7 nitrogen and oxygen atoms in total. The van der Waals surface area contributed by atoms with Crippen molar-refractivity contribution >= 4 is 16.6 Å². The van der Waals surface area contributed by atoms with Crippen LogP contribution in [0.4, 0.5) is 10.2 Å². The molecule has 2 unspecified atom stereocenters. The molecule has 156 valence electrons. The van der Waals surface area contributed by atoms with Crippen molar-refractivity contribution in [2.24, 2.45) is 7.05 Å². The first-order valence-electron chi connectivity index (χ1n) is 10.2. The van der Waals surface area contributed by atoms with Gasteiger partial charge in [-0.3, -0.25) is 4.79 Å². The molecule has 5 rings (SSSR count). The van der Waals surface area contributed by atoms with Crippen molar-refractivity contribution in [2.75, 3.05) is 11.9 Å². The van der Waals surface area contributed by atoms with E-state index in [1.165, 1.54) is 4.57 Å². The van der Waals surface area contributed by atoms with E-state index in [9.17, 15) is 14.3 Å². The number of hydrogen-bond donors (Lipinski definition) is 2. The van der Waals surface area contributed by atoms with Crippen LogP contribution in [0.25, 0.3) is 22.0 Å². The third-order valence-corrected chi connectivity index (χ3v) is 6.54. The van der Waals surface area contributed by atoms with Crippen LogP contribution in [0.15, 0.2) is 41.3 Å². The molecule has 0 saturated carbocycles. The molecule has 4 atom stereocenters. The van der Waals surface area contributed by atoms with Gasteiger partial charge in [0.05, 0.1) is 11.7 Å². The average molecular weight is 409 g/mol. The number of nitrogens with zero attached hydrogens (tertiary/aromatic N) is 4. The summed E-state index contributed by atoms with van der Waals surface area (Å²) < 4.78 is 16.4. The monoisotopic (exact) mass is 409 g/mol. The van der Waals surface area contributed by atoms with Gasteiger partial charge in [-0.15, -0.1) is 10.2 Å². The first kappa shape index (κ1) is 19.0. The molecule has 0 aliphatic carbocycles. The van der Waals surface area contributed by atoms with Crippen molar-refractivity contribution in [1.29, 1.82) is 0 Å². The Bertz CT molecular complexity index is 1160. The molecule has 2 fully saturated rings. The van der Waals surface area contributed by atoms with Gasteiger partial charge in [-0.1, -0.05) is 0 Å². The lowest BCUT2D eigenvalue weighted by Crippen LogP contribution is -2.55. The Balaban J connectivity index is 1.46. The number of hydrogen-bond acceptors (Lipinski definition) is 6. The van der Waals surface area contributed by atoms with E-state index in [4.69, 9.17) is 0 Å². The van der Waals surface area contributed by atoms with E-state index < -0.39 is 6.17 Å².